The van der Waals surface area contributed by atoms with Crippen LogP contribution >= 0.6 is 35.4 Å². The average molecular weight is 317 g/mol. The van der Waals surface area contributed by atoms with Crippen LogP contribution in [0.25, 0.3) is 0 Å². The first kappa shape index (κ1) is 15.0. The van der Waals surface area contributed by atoms with E-state index in [2.05, 4.69) is 11.8 Å². The summed E-state index contributed by atoms with van der Waals surface area (Å²) in [4.78, 5) is 3.04. The van der Waals surface area contributed by atoms with Crippen LogP contribution in [0, 0.1) is 5.41 Å². The van der Waals surface area contributed by atoms with E-state index in [1.54, 1.807) is 0 Å². The molecule has 0 amide bonds. The van der Waals surface area contributed by atoms with Crippen molar-refractivity contribution in [3.05, 3.63) is 33.8 Å². The molecule has 1 saturated heterocycles. The van der Waals surface area contributed by atoms with Gasteiger partial charge in [-0.1, -0.05) is 48.4 Å². The molecule has 0 radical (unpaired) electrons. The summed E-state index contributed by atoms with van der Waals surface area (Å²) in [6.45, 7) is 5.07. The van der Waals surface area contributed by atoms with Crippen LogP contribution in [0.1, 0.15) is 25.3 Å². The third kappa shape index (κ3) is 3.60. The zero-order chi connectivity index (χ0) is 14.0. The Labute approximate surface area is 129 Å². The lowest BCUT2D eigenvalue weighted by molar-refractivity contribution is 0.158. The highest BCUT2D eigenvalue weighted by Gasteiger charge is 2.32. The molecule has 1 aromatic rings. The summed E-state index contributed by atoms with van der Waals surface area (Å²) in [6.07, 6.45) is 2.04. The molecule has 2 N–H and O–H groups in total. The van der Waals surface area contributed by atoms with Gasteiger partial charge in [-0.25, -0.2) is 0 Å². The van der Waals surface area contributed by atoms with Crippen molar-refractivity contribution in [2.24, 2.45) is 11.1 Å². The van der Waals surface area contributed by atoms with Crippen LogP contribution in [0.15, 0.2) is 18.2 Å². The molecular weight excluding hydrogens is 299 g/mol. The van der Waals surface area contributed by atoms with Gasteiger partial charge in [0.05, 0.1) is 15.0 Å². The third-order valence-corrected chi connectivity index (χ3v) is 5.18. The minimum Gasteiger partial charge on any atom is -0.393 e. The van der Waals surface area contributed by atoms with E-state index in [-0.39, 0.29) is 5.41 Å². The molecule has 0 unspecified atom stereocenters. The Morgan fingerprint density at radius 3 is 2.47 bits per heavy atom. The molecule has 19 heavy (non-hydrogen) atoms. The number of likely N-dealkylation sites (tertiary alicyclic amines) is 1. The summed E-state index contributed by atoms with van der Waals surface area (Å²) in [5.74, 6) is 0. The molecule has 1 heterocycles. The molecule has 1 aromatic carbocycles. The normalized spacial score (nSPS) is 19.3. The van der Waals surface area contributed by atoms with Gasteiger partial charge in [0.1, 0.15) is 0 Å². The van der Waals surface area contributed by atoms with Crippen molar-refractivity contribution in [2.75, 3.05) is 13.1 Å². The summed E-state index contributed by atoms with van der Waals surface area (Å²) in [6, 6.07) is 5.81. The predicted molar refractivity (Wildman–Crippen MR) is 85.9 cm³/mol. The highest BCUT2D eigenvalue weighted by Crippen LogP contribution is 2.32. The third-order valence-electron chi connectivity index (χ3n) is 3.94. The molecule has 104 valence electrons. The molecule has 0 bridgehead atoms. The lowest BCUT2D eigenvalue weighted by atomic mass is 9.80. The molecule has 2 nitrogen and oxygen atoms in total. The minimum atomic E-state index is 0.0173. The summed E-state index contributed by atoms with van der Waals surface area (Å²) in [5.41, 5.74) is 7.02. The van der Waals surface area contributed by atoms with Crippen molar-refractivity contribution < 1.29 is 0 Å². The topological polar surface area (TPSA) is 29.3 Å². The Morgan fingerprint density at radius 2 is 1.95 bits per heavy atom. The maximum Gasteiger partial charge on any atom is 0.0788 e. The Hall–Kier alpha value is -0.350. The Morgan fingerprint density at radius 1 is 1.32 bits per heavy atom. The number of benzene rings is 1. The molecule has 0 spiro atoms. The van der Waals surface area contributed by atoms with E-state index < -0.39 is 0 Å². The first-order valence-electron chi connectivity index (χ1n) is 6.37. The van der Waals surface area contributed by atoms with Crippen molar-refractivity contribution in [3.63, 3.8) is 0 Å². The van der Waals surface area contributed by atoms with E-state index in [9.17, 15) is 0 Å². The van der Waals surface area contributed by atoms with Gasteiger partial charge >= 0.3 is 0 Å². The van der Waals surface area contributed by atoms with Gasteiger partial charge in [0.2, 0.25) is 0 Å². The Bertz CT molecular complexity index is 482. The molecular formula is C14H18Cl2N2S. The van der Waals surface area contributed by atoms with Crippen molar-refractivity contribution in [2.45, 2.75) is 26.3 Å². The van der Waals surface area contributed by atoms with Gasteiger partial charge in [0.25, 0.3) is 0 Å². The monoisotopic (exact) mass is 316 g/mol. The van der Waals surface area contributed by atoms with Crippen LogP contribution in [0.5, 0.6) is 0 Å². The van der Waals surface area contributed by atoms with Gasteiger partial charge in [0, 0.05) is 12.0 Å². The maximum atomic E-state index is 6.03. The van der Waals surface area contributed by atoms with Crippen molar-refractivity contribution in [1.82, 2.24) is 4.90 Å². The quantitative estimate of drug-likeness (QED) is 0.858. The van der Waals surface area contributed by atoms with Crippen LogP contribution in [0.4, 0.5) is 0 Å². The number of piperidine rings is 1. The van der Waals surface area contributed by atoms with E-state index in [1.807, 2.05) is 18.2 Å². The molecule has 1 fully saturated rings. The highest BCUT2D eigenvalue weighted by atomic mass is 35.5. The van der Waals surface area contributed by atoms with Crippen LogP contribution in [-0.2, 0) is 6.54 Å². The molecule has 5 heteroatoms. The number of nitrogens with two attached hydrogens (primary N) is 1. The first-order valence-corrected chi connectivity index (χ1v) is 7.53. The van der Waals surface area contributed by atoms with Gasteiger partial charge in [-0.2, -0.15) is 0 Å². The molecule has 0 aromatic heterocycles. The molecule has 1 aliphatic heterocycles. The molecule has 1 aliphatic rings. The summed E-state index contributed by atoms with van der Waals surface area (Å²) < 4.78 is 0. The summed E-state index contributed by atoms with van der Waals surface area (Å²) in [7, 11) is 0. The van der Waals surface area contributed by atoms with Crippen LogP contribution in [0.2, 0.25) is 10.0 Å². The van der Waals surface area contributed by atoms with E-state index in [0.29, 0.717) is 15.0 Å². The van der Waals surface area contributed by atoms with Gasteiger partial charge in [-0.15, -0.1) is 0 Å². The second-order valence-corrected chi connectivity index (χ2v) is 6.70. The Balaban J connectivity index is 1.95. The summed E-state index contributed by atoms with van der Waals surface area (Å²) in [5, 5.41) is 1.22. The van der Waals surface area contributed by atoms with Crippen LogP contribution in [0.3, 0.4) is 0 Å². The first-order chi connectivity index (χ1) is 8.90. The number of thiocarbonyl (C=S) groups is 1. The number of hydrogen-bond acceptors (Lipinski definition) is 2. The highest BCUT2D eigenvalue weighted by molar-refractivity contribution is 7.80. The standard InChI is InChI=1S/C14H18Cl2N2S/c1-14(13(17)19)4-6-18(7-5-14)9-10-2-3-11(15)12(16)8-10/h2-3,8H,4-7,9H2,1H3,(H2,17,19). The smallest absolute Gasteiger partial charge is 0.0788 e. The number of halogens is 2. The number of hydrogen-bond donors (Lipinski definition) is 1. The molecule has 0 atom stereocenters. The molecule has 2 rings (SSSR count). The van der Waals surface area contributed by atoms with Gasteiger partial charge < -0.3 is 5.73 Å². The van der Waals surface area contributed by atoms with Crippen molar-refractivity contribution in [1.29, 1.82) is 0 Å². The van der Waals surface area contributed by atoms with Gasteiger partial charge in [-0.05, 0) is 43.6 Å². The van der Waals surface area contributed by atoms with Crippen molar-refractivity contribution in [3.8, 4) is 0 Å². The largest absolute Gasteiger partial charge is 0.393 e. The fourth-order valence-electron chi connectivity index (χ4n) is 2.35. The van der Waals surface area contributed by atoms with E-state index in [4.69, 9.17) is 41.2 Å². The lowest BCUT2D eigenvalue weighted by Crippen LogP contribution is -2.44. The fourth-order valence-corrected chi connectivity index (χ4v) is 2.87. The van der Waals surface area contributed by atoms with E-state index in [0.717, 1.165) is 32.5 Å². The second kappa shape index (κ2) is 5.96. The van der Waals surface area contributed by atoms with E-state index >= 15 is 0 Å². The average Bonchev–Trinajstić information content (AvgIpc) is 2.37. The SMILES string of the molecule is CC1(C(N)=S)CCN(Cc2ccc(Cl)c(Cl)c2)CC1. The predicted octanol–water partition coefficient (Wildman–Crippen LogP) is 3.88. The fraction of sp³-hybridized carbons (Fsp3) is 0.500. The summed E-state index contributed by atoms with van der Waals surface area (Å²) >= 11 is 17.1. The minimum absolute atomic E-state index is 0.0173. The lowest BCUT2D eigenvalue weighted by Gasteiger charge is -2.38. The second-order valence-electron chi connectivity index (χ2n) is 5.45. The van der Waals surface area contributed by atoms with Gasteiger partial charge in [0.15, 0.2) is 0 Å². The maximum absolute atomic E-state index is 6.03. The molecule has 0 aliphatic carbocycles. The van der Waals surface area contributed by atoms with Crippen LogP contribution in [-0.4, -0.2) is 23.0 Å². The van der Waals surface area contributed by atoms with E-state index in [1.165, 1.54) is 5.56 Å². The number of nitrogens with zero attached hydrogens (tertiary/aromatic N) is 1. The Kier molecular flexibility index (Phi) is 4.72. The van der Waals surface area contributed by atoms with Crippen molar-refractivity contribution >= 4 is 40.4 Å². The number of rotatable bonds is 3. The molecule has 0 saturated carbocycles. The zero-order valence-electron chi connectivity index (χ0n) is 11.0. The van der Waals surface area contributed by atoms with Gasteiger partial charge in [-0.3, -0.25) is 4.90 Å². The van der Waals surface area contributed by atoms with Crippen LogP contribution < -0.4 is 5.73 Å². The zero-order valence-corrected chi connectivity index (χ0v) is 13.3.